The molecule has 4 rings (SSSR count). The Morgan fingerprint density at radius 2 is 1.93 bits per heavy atom. The van der Waals surface area contributed by atoms with Crippen LogP contribution in [0.3, 0.4) is 0 Å². The summed E-state index contributed by atoms with van der Waals surface area (Å²) in [4.78, 5) is 16.8. The molecule has 1 aromatic heterocycles. The SMILES string of the molecule is O=C(c1cn([C@H]2CCCN(Cc3ccccc3O)C2)nn1)N1CCCCC1. The van der Waals surface area contributed by atoms with Gasteiger partial charge in [0.05, 0.1) is 12.2 Å². The molecule has 1 atom stereocenters. The number of hydrogen-bond acceptors (Lipinski definition) is 5. The summed E-state index contributed by atoms with van der Waals surface area (Å²) in [6.07, 6.45) is 7.25. The molecule has 7 heteroatoms. The van der Waals surface area contributed by atoms with Crippen molar-refractivity contribution in [2.24, 2.45) is 0 Å². The average molecular weight is 369 g/mol. The first kappa shape index (κ1) is 18.0. The van der Waals surface area contributed by atoms with Crippen LogP contribution < -0.4 is 0 Å². The fraction of sp³-hybridized carbons (Fsp3) is 0.550. The van der Waals surface area contributed by atoms with Crippen LogP contribution in [0.5, 0.6) is 5.75 Å². The van der Waals surface area contributed by atoms with Crippen LogP contribution in [-0.2, 0) is 6.54 Å². The molecule has 2 aliphatic rings. The lowest BCUT2D eigenvalue weighted by Gasteiger charge is -2.32. The van der Waals surface area contributed by atoms with E-state index < -0.39 is 0 Å². The van der Waals surface area contributed by atoms with E-state index in [9.17, 15) is 9.90 Å². The van der Waals surface area contributed by atoms with Gasteiger partial charge in [-0.05, 0) is 44.7 Å². The molecule has 144 valence electrons. The lowest BCUT2D eigenvalue weighted by atomic mass is 10.0. The number of aromatic nitrogens is 3. The molecule has 2 saturated heterocycles. The van der Waals surface area contributed by atoms with E-state index in [4.69, 9.17) is 0 Å². The first-order chi connectivity index (χ1) is 13.2. The van der Waals surface area contributed by atoms with Gasteiger partial charge in [-0.1, -0.05) is 23.4 Å². The second-order valence-electron chi connectivity index (χ2n) is 7.60. The van der Waals surface area contributed by atoms with Gasteiger partial charge >= 0.3 is 0 Å². The summed E-state index contributed by atoms with van der Waals surface area (Å²) in [5, 5.41) is 18.4. The number of piperidine rings is 2. The molecule has 0 radical (unpaired) electrons. The predicted octanol–water partition coefficient (Wildman–Crippen LogP) is 2.45. The molecule has 3 heterocycles. The molecule has 2 aliphatic heterocycles. The summed E-state index contributed by atoms with van der Waals surface area (Å²) in [6.45, 7) is 4.21. The number of phenols is 1. The fourth-order valence-corrected chi connectivity index (χ4v) is 4.09. The number of nitrogens with zero attached hydrogens (tertiary/aromatic N) is 5. The minimum Gasteiger partial charge on any atom is -0.508 e. The number of hydrogen-bond donors (Lipinski definition) is 1. The highest BCUT2D eigenvalue weighted by Crippen LogP contribution is 2.25. The van der Waals surface area contributed by atoms with Crippen LogP contribution in [-0.4, -0.2) is 62.0 Å². The molecular weight excluding hydrogens is 342 g/mol. The number of likely N-dealkylation sites (tertiary alicyclic amines) is 2. The summed E-state index contributed by atoms with van der Waals surface area (Å²) in [5.74, 6) is 0.345. The Labute approximate surface area is 159 Å². The number of para-hydroxylation sites is 1. The zero-order valence-corrected chi connectivity index (χ0v) is 15.6. The van der Waals surface area contributed by atoms with Gasteiger partial charge < -0.3 is 10.0 Å². The van der Waals surface area contributed by atoms with Crippen molar-refractivity contribution in [2.75, 3.05) is 26.2 Å². The molecule has 1 N–H and O–H groups in total. The highest BCUT2D eigenvalue weighted by molar-refractivity contribution is 5.91. The molecule has 0 aliphatic carbocycles. The Kier molecular flexibility index (Phi) is 5.38. The lowest BCUT2D eigenvalue weighted by Crippen LogP contribution is -2.36. The first-order valence-corrected chi connectivity index (χ1v) is 9.91. The van der Waals surface area contributed by atoms with E-state index in [1.165, 1.54) is 6.42 Å². The van der Waals surface area contributed by atoms with Gasteiger partial charge in [0.1, 0.15) is 5.75 Å². The molecule has 0 bridgehead atoms. The van der Waals surface area contributed by atoms with E-state index in [2.05, 4.69) is 15.2 Å². The quantitative estimate of drug-likeness (QED) is 0.896. The maximum absolute atomic E-state index is 12.6. The van der Waals surface area contributed by atoms with E-state index >= 15 is 0 Å². The summed E-state index contributed by atoms with van der Waals surface area (Å²) >= 11 is 0. The van der Waals surface area contributed by atoms with E-state index in [-0.39, 0.29) is 11.9 Å². The standard InChI is InChI=1S/C20H27N5O2/c26-19-9-3-2-7-16(19)13-23-10-6-8-17(14-23)25-15-18(21-22-25)20(27)24-11-4-1-5-12-24/h2-3,7,9,15,17,26H,1,4-6,8,10-14H2/t17-/m0/s1. The van der Waals surface area contributed by atoms with Crippen molar-refractivity contribution >= 4 is 5.91 Å². The van der Waals surface area contributed by atoms with Crippen LogP contribution >= 0.6 is 0 Å². The number of benzene rings is 1. The summed E-state index contributed by atoms with van der Waals surface area (Å²) in [5.41, 5.74) is 1.40. The fourth-order valence-electron chi connectivity index (χ4n) is 4.09. The van der Waals surface area contributed by atoms with Gasteiger partial charge in [0.25, 0.3) is 5.91 Å². The zero-order valence-electron chi connectivity index (χ0n) is 15.6. The minimum absolute atomic E-state index is 0.00261. The Morgan fingerprint density at radius 1 is 1.11 bits per heavy atom. The van der Waals surface area contributed by atoms with Crippen LogP contribution in [0.15, 0.2) is 30.5 Å². The van der Waals surface area contributed by atoms with Gasteiger partial charge in [0.2, 0.25) is 0 Å². The van der Waals surface area contributed by atoms with Crippen LogP contribution in [0.1, 0.15) is 54.2 Å². The first-order valence-electron chi connectivity index (χ1n) is 9.91. The number of aromatic hydroxyl groups is 1. The lowest BCUT2D eigenvalue weighted by molar-refractivity contribution is 0.0718. The normalized spacial score (nSPS) is 21.3. The van der Waals surface area contributed by atoms with E-state index in [0.29, 0.717) is 11.4 Å². The van der Waals surface area contributed by atoms with Crippen molar-refractivity contribution in [2.45, 2.75) is 44.7 Å². The third-order valence-electron chi connectivity index (χ3n) is 5.61. The average Bonchev–Trinajstić information content (AvgIpc) is 3.20. The van der Waals surface area contributed by atoms with E-state index in [0.717, 1.165) is 64.0 Å². The Bertz CT molecular complexity index is 784. The molecule has 0 saturated carbocycles. The van der Waals surface area contributed by atoms with Gasteiger partial charge in [0, 0.05) is 31.7 Å². The minimum atomic E-state index is 0.00261. The maximum Gasteiger partial charge on any atom is 0.276 e. The molecule has 2 aromatic rings. The Morgan fingerprint density at radius 3 is 2.74 bits per heavy atom. The van der Waals surface area contributed by atoms with Gasteiger partial charge in [0.15, 0.2) is 5.69 Å². The largest absolute Gasteiger partial charge is 0.508 e. The van der Waals surface area contributed by atoms with Crippen molar-refractivity contribution in [3.63, 3.8) is 0 Å². The van der Waals surface area contributed by atoms with Crippen LogP contribution in [0.4, 0.5) is 0 Å². The molecule has 1 aromatic carbocycles. The molecule has 0 unspecified atom stereocenters. The van der Waals surface area contributed by atoms with Crippen molar-refractivity contribution in [1.82, 2.24) is 24.8 Å². The van der Waals surface area contributed by atoms with Crippen LogP contribution in [0, 0.1) is 0 Å². The Hall–Kier alpha value is -2.41. The van der Waals surface area contributed by atoms with Gasteiger partial charge in [-0.3, -0.25) is 9.69 Å². The number of amides is 1. The number of phenolic OH excluding ortho intramolecular Hbond substituents is 1. The summed E-state index contributed by atoms with van der Waals surface area (Å²) in [6, 6.07) is 7.69. The van der Waals surface area contributed by atoms with Crippen LogP contribution in [0.2, 0.25) is 0 Å². The smallest absolute Gasteiger partial charge is 0.276 e. The third-order valence-corrected chi connectivity index (χ3v) is 5.61. The predicted molar refractivity (Wildman–Crippen MR) is 101 cm³/mol. The monoisotopic (exact) mass is 369 g/mol. The maximum atomic E-state index is 12.6. The van der Waals surface area contributed by atoms with Gasteiger partial charge in [-0.2, -0.15) is 0 Å². The topological polar surface area (TPSA) is 74.5 Å². The highest BCUT2D eigenvalue weighted by atomic mass is 16.3. The van der Waals surface area contributed by atoms with Crippen molar-refractivity contribution < 1.29 is 9.90 Å². The second-order valence-corrected chi connectivity index (χ2v) is 7.60. The molecular formula is C20H27N5O2. The molecule has 7 nitrogen and oxygen atoms in total. The molecule has 1 amide bonds. The number of carbonyl (C=O) groups excluding carboxylic acids is 1. The molecule has 0 spiro atoms. The molecule has 2 fully saturated rings. The second kappa shape index (κ2) is 8.08. The third kappa shape index (κ3) is 4.13. The number of carbonyl (C=O) groups is 1. The van der Waals surface area contributed by atoms with Crippen molar-refractivity contribution in [1.29, 1.82) is 0 Å². The van der Waals surface area contributed by atoms with Crippen molar-refractivity contribution in [3.05, 3.63) is 41.7 Å². The van der Waals surface area contributed by atoms with Gasteiger partial charge in [-0.25, -0.2) is 4.68 Å². The van der Waals surface area contributed by atoms with E-state index in [1.54, 1.807) is 6.07 Å². The summed E-state index contributed by atoms with van der Waals surface area (Å²) < 4.78 is 1.86. The summed E-state index contributed by atoms with van der Waals surface area (Å²) in [7, 11) is 0. The molecule has 27 heavy (non-hydrogen) atoms. The van der Waals surface area contributed by atoms with Crippen molar-refractivity contribution in [3.8, 4) is 5.75 Å². The zero-order chi connectivity index (χ0) is 18.6. The van der Waals surface area contributed by atoms with Crippen LogP contribution in [0.25, 0.3) is 0 Å². The van der Waals surface area contributed by atoms with Gasteiger partial charge in [-0.15, -0.1) is 5.10 Å². The number of rotatable bonds is 4. The van der Waals surface area contributed by atoms with E-state index in [1.807, 2.05) is 34.0 Å². The highest BCUT2D eigenvalue weighted by Gasteiger charge is 2.26. The Balaban J connectivity index is 1.40.